The smallest absolute Gasteiger partial charge is 0.258 e. The van der Waals surface area contributed by atoms with Crippen LogP contribution in [0.15, 0.2) is 28.7 Å². The molecule has 1 heterocycles. The molecule has 0 radical (unpaired) electrons. The number of nitrogens with one attached hydrogen (secondary N) is 1. The van der Waals surface area contributed by atoms with Crippen LogP contribution in [-0.2, 0) is 0 Å². The Morgan fingerprint density at radius 3 is 2.58 bits per heavy atom. The standard InChI is InChI=1S/C13H11BrF2N2O/c1-7-5-8(14)3-4-11(7)19-13-10(16)6-9(15)12(17-2)18-13/h3-6H,1-2H3,(H,17,18). The minimum atomic E-state index is -0.848. The molecule has 0 bridgehead atoms. The molecule has 0 spiro atoms. The molecule has 1 aromatic carbocycles. The predicted octanol–water partition coefficient (Wildman–Crippen LogP) is 4.26. The van der Waals surface area contributed by atoms with Crippen molar-refractivity contribution in [1.29, 1.82) is 0 Å². The van der Waals surface area contributed by atoms with E-state index in [9.17, 15) is 8.78 Å². The average Bonchev–Trinajstić information content (AvgIpc) is 2.35. The molecule has 2 rings (SSSR count). The van der Waals surface area contributed by atoms with Gasteiger partial charge in [-0.15, -0.1) is 0 Å². The molecule has 0 aliphatic heterocycles. The van der Waals surface area contributed by atoms with Gasteiger partial charge in [0.05, 0.1) is 0 Å². The molecule has 0 aliphatic rings. The molecule has 2 aromatic rings. The van der Waals surface area contributed by atoms with Gasteiger partial charge in [-0.05, 0) is 30.7 Å². The lowest BCUT2D eigenvalue weighted by atomic mass is 10.2. The lowest BCUT2D eigenvalue weighted by Gasteiger charge is -2.10. The zero-order valence-electron chi connectivity index (χ0n) is 10.3. The monoisotopic (exact) mass is 328 g/mol. The van der Waals surface area contributed by atoms with E-state index in [1.807, 2.05) is 13.0 Å². The van der Waals surface area contributed by atoms with Gasteiger partial charge in [0, 0.05) is 17.6 Å². The van der Waals surface area contributed by atoms with Crippen LogP contribution in [0.1, 0.15) is 5.56 Å². The van der Waals surface area contributed by atoms with E-state index in [4.69, 9.17) is 4.74 Å². The number of ether oxygens (including phenoxy) is 1. The average molecular weight is 329 g/mol. The second-order valence-corrected chi connectivity index (χ2v) is 4.78. The first-order chi connectivity index (χ1) is 9.01. The van der Waals surface area contributed by atoms with E-state index in [1.54, 1.807) is 12.1 Å². The van der Waals surface area contributed by atoms with Gasteiger partial charge < -0.3 is 10.1 Å². The molecule has 0 amide bonds. The zero-order chi connectivity index (χ0) is 14.0. The molecule has 1 aromatic heterocycles. The molecule has 0 saturated heterocycles. The largest absolute Gasteiger partial charge is 0.436 e. The van der Waals surface area contributed by atoms with Gasteiger partial charge >= 0.3 is 0 Å². The van der Waals surface area contributed by atoms with Crippen LogP contribution < -0.4 is 10.1 Å². The minimum Gasteiger partial charge on any atom is -0.436 e. The van der Waals surface area contributed by atoms with Crippen LogP contribution in [0, 0.1) is 18.6 Å². The minimum absolute atomic E-state index is 0.0637. The highest BCUT2D eigenvalue weighted by Crippen LogP contribution is 2.29. The third-order valence-corrected chi connectivity index (χ3v) is 2.97. The highest BCUT2D eigenvalue weighted by molar-refractivity contribution is 9.10. The fraction of sp³-hybridized carbons (Fsp3) is 0.154. The predicted molar refractivity (Wildman–Crippen MR) is 72.7 cm³/mol. The number of hydrogen-bond acceptors (Lipinski definition) is 3. The Labute approximate surface area is 117 Å². The van der Waals surface area contributed by atoms with Crippen molar-refractivity contribution in [2.75, 3.05) is 12.4 Å². The van der Waals surface area contributed by atoms with Crippen molar-refractivity contribution >= 4 is 21.7 Å². The van der Waals surface area contributed by atoms with Crippen molar-refractivity contribution < 1.29 is 13.5 Å². The summed E-state index contributed by atoms with van der Waals surface area (Å²) in [6.45, 7) is 1.82. The van der Waals surface area contributed by atoms with Crippen molar-refractivity contribution in [3.8, 4) is 11.6 Å². The molecule has 0 fully saturated rings. The summed E-state index contributed by atoms with van der Waals surface area (Å²) in [6.07, 6.45) is 0. The van der Waals surface area contributed by atoms with Gasteiger partial charge in [-0.25, -0.2) is 8.78 Å². The second kappa shape index (κ2) is 5.52. The van der Waals surface area contributed by atoms with E-state index >= 15 is 0 Å². The summed E-state index contributed by atoms with van der Waals surface area (Å²) in [7, 11) is 1.50. The number of halogens is 3. The Bertz CT molecular complexity index is 620. The summed E-state index contributed by atoms with van der Waals surface area (Å²) in [4.78, 5) is 3.75. The highest BCUT2D eigenvalue weighted by atomic mass is 79.9. The molecule has 3 nitrogen and oxygen atoms in total. The van der Waals surface area contributed by atoms with Gasteiger partial charge in [0.1, 0.15) is 5.75 Å². The number of benzene rings is 1. The van der Waals surface area contributed by atoms with E-state index in [-0.39, 0.29) is 11.7 Å². The number of hydrogen-bond donors (Lipinski definition) is 1. The molecule has 0 aliphatic carbocycles. The second-order valence-electron chi connectivity index (χ2n) is 3.87. The first kappa shape index (κ1) is 13.7. The van der Waals surface area contributed by atoms with Crippen LogP contribution in [0.5, 0.6) is 11.6 Å². The summed E-state index contributed by atoms with van der Waals surface area (Å²) in [5, 5.41) is 2.53. The quantitative estimate of drug-likeness (QED) is 0.913. The van der Waals surface area contributed by atoms with Crippen molar-refractivity contribution in [2.24, 2.45) is 0 Å². The first-order valence-corrected chi connectivity index (χ1v) is 6.28. The molecule has 19 heavy (non-hydrogen) atoms. The molecular formula is C13H11BrF2N2O. The van der Waals surface area contributed by atoms with Gasteiger partial charge in [-0.3, -0.25) is 0 Å². The Kier molecular flexibility index (Phi) is 3.99. The zero-order valence-corrected chi connectivity index (χ0v) is 11.9. The van der Waals surface area contributed by atoms with Gasteiger partial charge in [0.25, 0.3) is 5.88 Å². The maximum atomic E-state index is 13.6. The lowest BCUT2D eigenvalue weighted by Crippen LogP contribution is -2.01. The van der Waals surface area contributed by atoms with Crippen LogP contribution in [0.25, 0.3) is 0 Å². The number of aromatic nitrogens is 1. The van der Waals surface area contributed by atoms with Crippen LogP contribution in [0.2, 0.25) is 0 Å². The fourth-order valence-corrected chi connectivity index (χ4v) is 2.00. The molecule has 0 atom stereocenters. The Morgan fingerprint density at radius 2 is 1.95 bits per heavy atom. The van der Waals surface area contributed by atoms with Gasteiger partial charge in [0.2, 0.25) is 0 Å². The summed E-state index contributed by atoms with van der Waals surface area (Å²) in [6, 6.07) is 6.02. The van der Waals surface area contributed by atoms with Crippen LogP contribution in [0.4, 0.5) is 14.6 Å². The maximum Gasteiger partial charge on any atom is 0.258 e. The van der Waals surface area contributed by atoms with Crippen LogP contribution in [0.3, 0.4) is 0 Å². The summed E-state index contributed by atoms with van der Waals surface area (Å²) in [5.41, 5.74) is 0.811. The first-order valence-electron chi connectivity index (χ1n) is 5.49. The topological polar surface area (TPSA) is 34.2 Å². The van der Waals surface area contributed by atoms with E-state index < -0.39 is 11.6 Å². The van der Waals surface area contributed by atoms with Crippen LogP contribution >= 0.6 is 15.9 Å². The van der Waals surface area contributed by atoms with E-state index in [0.717, 1.165) is 16.1 Å². The number of nitrogens with zero attached hydrogens (tertiary/aromatic N) is 1. The molecule has 6 heteroatoms. The number of anilines is 1. The summed E-state index contributed by atoms with van der Waals surface area (Å²) < 4.78 is 33.1. The maximum absolute atomic E-state index is 13.6. The SMILES string of the molecule is CNc1nc(Oc2ccc(Br)cc2C)c(F)cc1F. The fourth-order valence-electron chi connectivity index (χ4n) is 1.53. The number of rotatable bonds is 3. The number of aryl methyl sites for hydroxylation is 1. The van der Waals surface area contributed by atoms with Crippen molar-refractivity contribution in [3.63, 3.8) is 0 Å². The Morgan fingerprint density at radius 1 is 1.21 bits per heavy atom. The molecule has 100 valence electrons. The summed E-state index contributed by atoms with van der Waals surface area (Å²) >= 11 is 3.32. The van der Waals surface area contributed by atoms with Gasteiger partial charge in [-0.1, -0.05) is 15.9 Å². The third-order valence-electron chi connectivity index (χ3n) is 2.48. The highest BCUT2D eigenvalue weighted by Gasteiger charge is 2.13. The molecule has 0 unspecified atom stereocenters. The van der Waals surface area contributed by atoms with Crippen molar-refractivity contribution in [2.45, 2.75) is 6.92 Å². The third kappa shape index (κ3) is 3.01. The lowest BCUT2D eigenvalue weighted by molar-refractivity contribution is 0.415. The van der Waals surface area contributed by atoms with Crippen LogP contribution in [-0.4, -0.2) is 12.0 Å². The molecule has 1 N–H and O–H groups in total. The van der Waals surface area contributed by atoms with E-state index in [2.05, 4.69) is 26.2 Å². The van der Waals surface area contributed by atoms with E-state index in [0.29, 0.717) is 5.75 Å². The van der Waals surface area contributed by atoms with Crippen molar-refractivity contribution in [3.05, 3.63) is 45.9 Å². The Hall–Kier alpha value is -1.69. The molecule has 0 saturated carbocycles. The summed E-state index contributed by atoms with van der Waals surface area (Å²) in [5.74, 6) is -1.48. The molecular weight excluding hydrogens is 318 g/mol. The van der Waals surface area contributed by atoms with Crippen molar-refractivity contribution in [1.82, 2.24) is 4.98 Å². The number of pyridine rings is 1. The van der Waals surface area contributed by atoms with Gasteiger partial charge in [-0.2, -0.15) is 4.98 Å². The van der Waals surface area contributed by atoms with Gasteiger partial charge in [0.15, 0.2) is 17.5 Å². The normalized spacial score (nSPS) is 10.4. The van der Waals surface area contributed by atoms with E-state index in [1.165, 1.54) is 7.05 Å². The Balaban J connectivity index is 2.37.